The van der Waals surface area contributed by atoms with Gasteiger partial charge in [-0.3, -0.25) is 4.79 Å². The average molecular weight is 450 g/mol. The molecule has 0 spiro atoms. The average Bonchev–Trinajstić information content (AvgIpc) is 3.12. The van der Waals surface area contributed by atoms with Gasteiger partial charge in [0.1, 0.15) is 0 Å². The number of Topliss-reactive ketones (excluding diaryl/α,β-unsaturated/α-hetero) is 1. The molecule has 2 atom stereocenters. The highest BCUT2D eigenvalue weighted by Crippen LogP contribution is 2.47. The Morgan fingerprint density at radius 1 is 1.03 bits per heavy atom. The zero-order chi connectivity index (χ0) is 24.2. The normalized spacial score (nSPS) is 26.5. The zero-order valence-corrected chi connectivity index (χ0v) is 19.3. The maximum Gasteiger partial charge on any atom is 0.336 e. The van der Waals surface area contributed by atoms with Gasteiger partial charge in [-0.05, 0) is 51.7 Å². The van der Waals surface area contributed by atoms with E-state index in [2.05, 4.69) is 0 Å². The van der Waals surface area contributed by atoms with Crippen LogP contribution in [0.15, 0.2) is 60.8 Å². The molecule has 2 aromatic rings. The van der Waals surface area contributed by atoms with E-state index in [0.717, 1.165) is 5.06 Å². The lowest BCUT2D eigenvalue weighted by molar-refractivity contribution is -0.249. The molecule has 2 aromatic carbocycles. The molecule has 2 heterocycles. The molecule has 2 aliphatic heterocycles. The molecule has 2 unspecified atom stereocenters. The van der Waals surface area contributed by atoms with Crippen molar-refractivity contribution in [1.29, 1.82) is 0 Å². The van der Waals surface area contributed by atoms with E-state index in [1.807, 2.05) is 33.8 Å². The van der Waals surface area contributed by atoms with Crippen molar-refractivity contribution in [3.8, 4) is 0 Å². The summed E-state index contributed by atoms with van der Waals surface area (Å²) in [7, 11) is 0. The summed E-state index contributed by atoms with van der Waals surface area (Å²) >= 11 is 0. The molecule has 0 amide bonds. The molecule has 2 N–H and O–H groups in total. The van der Waals surface area contributed by atoms with E-state index >= 15 is 0 Å². The summed E-state index contributed by atoms with van der Waals surface area (Å²) in [6.07, 6.45) is 2.17. The van der Waals surface area contributed by atoms with Crippen molar-refractivity contribution in [1.82, 2.24) is 9.96 Å². The Kier molecular flexibility index (Phi) is 5.47. The van der Waals surface area contributed by atoms with E-state index in [9.17, 15) is 25.0 Å². The summed E-state index contributed by atoms with van der Waals surface area (Å²) in [6, 6.07) is 15.0. The van der Waals surface area contributed by atoms with Crippen LogP contribution in [0.5, 0.6) is 0 Å². The SMILES string of the molecule is CC1(C)CC(CN2C=C(c3ccccc3)C(=O)C2(O)c2ccccc2C(=O)O)C(C)(C)N1[O]. The van der Waals surface area contributed by atoms with Crippen molar-refractivity contribution in [3.63, 3.8) is 0 Å². The highest BCUT2D eigenvalue weighted by Gasteiger charge is 2.56. The highest BCUT2D eigenvalue weighted by molar-refractivity contribution is 6.26. The largest absolute Gasteiger partial charge is 0.478 e. The number of hydrogen-bond acceptors (Lipinski definition) is 5. The summed E-state index contributed by atoms with van der Waals surface area (Å²) in [5, 5.41) is 35.7. The predicted octanol–water partition coefficient (Wildman–Crippen LogP) is 3.68. The fraction of sp³-hybridized carbons (Fsp3) is 0.385. The number of benzene rings is 2. The predicted molar refractivity (Wildman–Crippen MR) is 122 cm³/mol. The Labute approximate surface area is 193 Å². The van der Waals surface area contributed by atoms with Crippen LogP contribution in [0.2, 0.25) is 0 Å². The Morgan fingerprint density at radius 2 is 1.64 bits per heavy atom. The first-order chi connectivity index (χ1) is 15.4. The van der Waals surface area contributed by atoms with Crippen molar-refractivity contribution in [2.75, 3.05) is 6.54 Å². The number of carbonyl (C=O) groups excluding carboxylic acids is 1. The lowest BCUT2D eigenvalue weighted by atomic mass is 9.85. The smallest absolute Gasteiger partial charge is 0.336 e. The molecular formula is C26H29N2O5. The van der Waals surface area contributed by atoms with E-state index in [4.69, 9.17) is 0 Å². The number of rotatable bonds is 5. The summed E-state index contributed by atoms with van der Waals surface area (Å²) in [5.74, 6) is -1.99. The minimum absolute atomic E-state index is 0.0127. The molecule has 2 aliphatic rings. The quantitative estimate of drug-likeness (QED) is 0.722. The second kappa shape index (κ2) is 7.80. The number of carboxylic acid groups (broad SMARTS) is 1. The third kappa shape index (κ3) is 3.57. The highest BCUT2D eigenvalue weighted by atomic mass is 16.5. The van der Waals surface area contributed by atoms with Gasteiger partial charge in [0.05, 0.1) is 5.56 Å². The van der Waals surface area contributed by atoms with Crippen LogP contribution < -0.4 is 0 Å². The number of aliphatic hydroxyl groups is 1. The monoisotopic (exact) mass is 449 g/mol. The van der Waals surface area contributed by atoms with Gasteiger partial charge in [-0.15, -0.1) is 10.3 Å². The lowest BCUT2D eigenvalue weighted by Gasteiger charge is -2.39. The van der Waals surface area contributed by atoms with Gasteiger partial charge in [0.15, 0.2) is 0 Å². The molecule has 4 rings (SSSR count). The summed E-state index contributed by atoms with van der Waals surface area (Å²) < 4.78 is 0. The number of hydrogen-bond donors (Lipinski definition) is 2. The van der Waals surface area contributed by atoms with Crippen molar-refractivity contribution < 1.29 is 25.0 Å². The number of carbonyl (C=O) groups is 2. The first kappa shape index (κ1) is 23.2. The number of aromatic carboxylic acids is 1. The maximum atomic E-state index is 13.7. The van der Waals surface area contributed by atoms with Gasteiger partial charge < -0.3 is 15.1 Å². The topological polar surface area (TPSA) is 101 Å². The Hall–Kier alpha value is -3.00. The van der Waals surface area contributed by atoms with E-state index in [1.165, 1.54) is 17.0 Å². The Morgan fingerprint density at radius 3 is 2.21 bits per heavy atom. The van der Waals surface area contributed by atoms with Crippen molar-refractivity contribution in [3.05, 3.63) is 77.5 Å². The number of nitrogens with zero attached hydrogens (tertiary/aromatic N) is 2. The van der Waals surface area contributed by atoms with Crippen LogP contribution in [0.1, 0.15) is 55.6 Å². The molecule has 7 nitrogen and oxygen atoms in total. The van der Waals surface area contributed by atoms with Gasteiger partial charge in [0.25, 0.3) is 0 Å². The van der Waals surface area contributed by atoms with Crippen LogP contribution in [-0.2, 0) is 15.7 Å². The Balaban J connectivity index is 1.84. The first-order valence-electron chi connectivity index (χ1n) is 11.0. The van der Waals surface area contributed by atoms with Crippen LogP contribution in [0.25, 0.3) is 5.57 Å². The molecule has 1 saturated heterocycles. The standard InChI is InChI=1S/C26H29N2O5/c1-24(2)14-18(25(3,4)28(24)33)15-27-16-20(17-10-6-5-7-11-17)22(29)26(27,32)21-13-9-8-12-19(21)23(30)31/h5-13,16,18,32H,14-15H2,1-4H3,(H,30,31). The van der Waals surface area contributed by atoms with E-state index in [1.54, 1.807) is 42.6 Å². The zero-order valence-electron chi connectivity index (χ0n) is 19.3. The van der Waals surface area contributed by atoms with Gasteiger partial charge in [-0.2, -0.15) is 0 Å². The van der Waals surface area contributed by atoms with E-state index in [-0.39, 0.29) is 23.6 Å². The fourth-order valence-electron chi connectivity index (χ4n) is 5.29. The molecule has 33 heavy (non-hydrogen) atoms. The van der Waals surface area contributed by atoms with Crippen LogP contribution >= 0.6 is 0 Å². The first-order valence-corrected chi connectivity index (χ1v) is 11.0. The fourth-order valence-corrected chi connectivity index (χ4v) is 5.29. The summed E-state index contributed by atoms with van der Waals surface area (Å²) in [6.45, 7) is 7.70. The molecule has 0 saturated carbocycles. The molecule has 1 fully saturated rings. The molecule has 0 aliphatic carbocycles. The molecular weight excluding hydrogens is 420 g/mol. The number of carboxylic acids is 1. The Bertz CT molecular complexity index is 1120. The third-order valence-electron chi connectivity index (χ3n) is 7.11. The molecule has 0 bridgehead atoms. The molecule has 173 valence electrons. The summed E-state index contributed by atoms with van der Waals surface area (Å²) in [5.41, 5.74) is -2.72. The third-order valence-corrected chi connectivity index (χ3v) is 7.11. The second-order valence-electron chi connectivity index (χ2n) is 10.1. The second-order valence-corrected chi connectivity index (χ2v) is 10.1. The summed E-state index contributed by atoms with van der Waals surface area (Å²) in [4.78, 5) is 27.2. The van der Waals surface area contributed by atoms with E-state index < -0.39 is 28.6 Å². The lowest BCUT2D eigenvalue weighted by Crippen LogP contribution is -2.51. The number of ketones is 1. The maximum absolute atomic E-state index is 13.7. The molecule has 1 radical (unpaired) electrons. The molecule has 0 aromatic heterocycles. The van der Waals surface area contributed by atoms with Crippen LogP contribution in [-0.4, -0.2) is 49.6 Å². The van der Waals surface area contributed by atoms with Gasteiger partial charge in [0.2, 0.25) is 11.5 Å². The number of hydroxylamine groups is 2. The van der Waals surface area contributed by atoms with E-state index in [0.29, 0.717) is 17.6 Å². The van der Waals surface area contributed by atoms with Gasteiger partial charge in [-0.25, -0.2) is 4.79 Å². The minimum atomic E-state index is -2.20. The van der Waals surface area contributed by atoms with Crippen molar-refractivity contribution in [2.45, 2.75) is 50.9 Å². The minimum Gasteiger partial charge on any atom is -0.478 e. The van der Waals surface area contributed by atoms with Crippen LogP contribution in [0.3, 0.4) is 0 Å². The molecule has 7 heteroatoms. The van der Waals surface area contributed by atoms with Crippen LogP contribution in [0.4, 0.5) is 0 Å². The van der Waals surface area contributed by atoms with Crippen molar-refractivity contribution in [2.24, 2.45) is 5.92 Å². The van der Waals surface area contributed by atoms with Gasteiger partial charge in [0, 0.05) is 35.0 Å². The van der Waals surface area contributed by atoms with Crippen molar-refractivity contribution >= 4 is 17.3 Å². The van der Waals surface area contributed by atoms with Gasteiger partial charge >= 0.3 is 5.97 Å². The van der Waals surface area contributed by atoms with Crippen LogP contribution in [0, 0.1) is 5.92 Å². The van der Waals surface area contributed by atoms with Gasteiger partial charge in [-0.1, -0.05) is 48.5 Å².